The van der Waals surface area contributed by atoms with Crippen LogP contribution in [0.5, 0.6) is 0 Å². The molecular weight excluding hydrogens is 234 g/mol. The van der Waals surface area contributed by atoms with Gasteiger partial charge < -0.3 is 10.8 Å². The summed E-state index contributed by atoms with van der Waals surface area (Å²) >= 11 is 3.05. The number of carbonyl (C=O) groups is 1. The molecule has 5 nitrogen and oxygen atoms in total. The number of nitrogens with zero attached hydrogens (tertiary/aromatic N) is 2. The molecule has 1 aromatic heterocycles. The molecule has 0 bridgehead atoms. The van der Waals surface area contributed by atoms with E-state index < -0.39 is 11.5 Å². The minimum Gasteiger partial charge on any atom is -0.480 e. The normalized spacial score (nSPS) is 30.6. The van der Waals surface area contributed by atoms with E-state index in [0.717, 1.165) is 10.8 Å². The van der Waals surface area contributed by atoms with Crippen LogP contribution in [0.15, 0.2) is 9.85 Å². The van der Waals surface area contributed by atoms with Gasteiger partial charge in [-0.1, -0.05) is 23.1 Å². The molecule has 1 aliphatic carbocycles. The van der Waals surface area contributed by atoms with Gasteiger partial charge in [0.1, 0.15) is 11.0 Å². The molecule has 0 aromatic carbocycles. The van der Waals surface area contributed by atoms with Gasteiger partial charge in [-0.3, -0.25) is 4.79 Å². The minimum atomic E-state index is -1.04. The van der Waals surface area contributed by atoms with Crippen LogP contribution in [0.3, 0.4) is 0 Å². The van der Waals surface area contributed by atoms with Crippen molar-refractivity contribution in [1.29, 1.82) is 0 Å². The molecule has 0 aliphatic heterocycles. The number of hydrogen-bond acceptors (Lipinski definition) is 6. The Kier molecular flexibility index (Phi) is 2.94. The van der Waals surface area contributed by atoms with Crippen molar-refractivity contribution in [3.8, 4) is 0 Å². The van der Waals surface area contributed by atoms with E-state index in [1.165, 1.54) is 11.3 Å². The van der Waals surface area contributed by atoms with Crippen molar-refractivity contribution in [3.05, 3.63) is 5.51 Å². The molecule has 3 N–H and O–H groups in total. The van der Waals surface area contributed by atoms with Crippen LogP contribution in [-0.2, 0) is 4.79 Å². The molecule has 82 valence electrons. The molecule has 0 radical (unpaired) electrons. The zero-order chi connectivity index (χ0) is 10.9. The van der Waals surface area contributed by atoms with E-state index in [2.05, 4.69) is 10.2 Å². The fourth-order valence-electron chi connectivity index (χ4n) is 1.68. The summed E-state index contributed by atoms with van der Waals surface area (Å²) in [5.41, 5.74) is 6.41. The smallest absolute Gasteiger partial charge is 0.323 e. The highest BCUT2D eigenvalue weighted by molar-refractivity contribution is 8.01. The lowest BCUT2D eigenvalue weighted by molar-refractivity contribution is -0.143. The molecule has 1 aliphatic rings. The van der Waals surface area contributed by atoms with Gasteiger partial charge in [0.25, 0.3) is 0 Å². The number of aromatic nitrogens is 2. The van der Waals surface area contributed by atoms with E-state index >= 15 is 0 Å². The average Bonchev–Trinajstić information content (AvgIpc) is 2.77. The summed E-state index contributed by atoms with van der Waals surface area (Å²) in [6.45, 7) is 0. The lowest BCUT2D eigenvalue weighted by Crippen LogP contribution is -2.45. The zero-order valence-corrected chi connectivity index (χ0v) is 9.55. The van der Waals surface area contributed by atoms with Crippen LogP contribution in [0, 0.1) is 0 Å². The quantitative estimate of drug-likeness (QED) is 0.824. The van der Waals surface area contributed by atoms with E-state index in [0.29, 0.717) is 12.8 Å². The van der Waals surface area contributed by atoms with Gasteiger partial charge >= 0.3 is 5.97 Å². The van der Waals surface area contributed by atoms with E-state index in [9.17, 15) is 4.79 Å². The maximum Gasteiger partial charge on any atom is 0.323 e. The highest BCUT2D eigenvalue weighted by Gasteiger charge is 2.42. The van der Waals surface area contributed by atoms with E-state index in [1.54, 1.807) is 17.3 Å². The summed E-state index contributed by atoms with van der Waals surface area (Å²) in [6, 6.07) is 0. The van der Waals surface area contributed by atoms with Gasteiger partial charge in [0.05, 0.1) is 0 Å². The Bertz CT molecular complexity index is 357. The summed E-state index contributed by atoms with van der Waals surface area (Å²) in [7, 11) is 0. The summed E-state index contributed by atoms with van der Waals surface area (Å²) in [6.07, 6.45) is 1.87. The second-order valence-corrected chi connectivity index (χ2v) is 6.03. The van der Waals surface area contributed by atoms with Crippen LogP contribution in [0.4, 0.5) is 0 Å². The predicted molar refractivity (Wildman–Crippen MR) is 58.0 cm³/mol. The first-order valence-electron chi connectivity index (χ1n) is 4.55. The molecule has 2 rings (SSSR count). The van der Waals surface area contributed by atoms with E-state index in [4.69, 9.17) is 10.8 Å². The van der Waals surface area contributed by atoms with Crippen LogP contribution >= 0.6 is 23.1 Å². The van der Waals surface area contributed by atoms with Gasteiger partial charge in [-0.25, -0.2) is 0 Å². The van der Waals surface area contributed by atoms with Crippen molar-refractivity contribution in [1.82, 2.24) is 10.2 Å². The fraction of sp³-hybridized carbons (Fsp3) is 0.625. The van der Waals surface area contributed by atoms with Crippen LogP contribution in [-0.4, -0.2) is 32.1 Å². The number of carboxylic acids is 1. The van der Waals surface area contributed by atoms with Crippen molar-refractivity contribution >= 4 is 29.1 Å². The molecule has 1 saturated carbocycles. The van der Waals surface area contributed by atoms with Gasteiger partial charge in [0, 0.05) is 5.25 Å². The maximum atomic E-state index is 10.9. The Morgan fingerprint density at radius 1 is 1.80 bits per heavy atom. The molecule has 0 amide bonds. The molecule has 0 saturated heterocycles. The van der Waals surface area contributed by atoms with E-state index in [1.807, 2.05) is 0 Å². The third kappa shape index (κ3) is 2.30. The molecule has 1 aromatic rings. The summed E-state index contributed by atoms with van der Waals surface area (Å²) in [5, 5.41) is 16.9. The number of thioether (sulfide) groups is 1. The molecule has 0 spiro atoms. The predicted octanol–water partition coefficient (Wildman–Crippen LogP) is 0.965. The van der Waals surface area contributed by atoms with Gasteiger partial charge in [-0.2, -0.15) is 0 Å². The number of aliphatic carboxylic acids is 1. The maximum absolute atomic E-state index is 10.9. The molecule has 7 heteroatoms. The van der Waals surface area contributed by atoms with Crippen molar-refractivity contribution in [2.45, 2.75) is 34.4 Å². The Hall–Kier alpha value is -0.660. The Morgan fingerprint density at radius 2 is 2.60 bits per heavy atom. The second kappa shape index (κ2) is 4.07. The minimum absolute atomic E-state index is 0.249. The Morgan fingerprint density at radius 3 is 3.13 bits per heavy atom. The highest BCUT2D eigenvalue weighted by atomic mass is 32.2. The van der Waals surface area contributed by atoms with Gasteiger partial charge in [-0.05, 0) is 19.3 Å². The van der Waals surface area contributed by atoms with Crippen LogP contribution in [0.1, 0.15) is 19.3 Å². The Labute approximate surface area is 95.1 Å². The largest absolute Gasteiger partial charge is 0.480 e. The lowest BCUT2D eigenvalue weighted by atomic mass is 10.0. The number of nitrogens with two attached hydrogens (primary N) is 1. The highest BCUT2D eigenvalue weighted by Crippen LogP contribution is 2.39. The first-order chi connectivity index (χ1) is 7.10. The van der Waals surface area contributed by atoms with Crippen molar-refractivity contribution < 1.29 is 9.90 Å². The first-order valence-corrected chi connectivity index (χ1v) is 6.31. The summed E-state index contributed by atoms with van der Waals surface area (Å²) in [5.74, 6) is -0.900. The van der Waals surface area contributed by atoms with Gasteiger partial charge in [-0.15, -0.1) is 10.2 Å². The SMILES string of the molecule is NC1(C(=O)O)CCC(Sc2nncs2)C1. The standard InChI is InChI=1S/C8H11N3O2S2/c9-8(6(12)13)2-1-5(3-8)15-7-11-10-4-14-7/h4-5H,1-3,9H2,(H,12,13). The fourth-order valence-corrected chi connectivity index (χ4v) is 3.71. The van der Waals surface area contributed by atoms with Crippen molar-refractivity contribution in [2.24, 2.45) is 5.73 Å². The summed E-state index contributed by atoms with van der Waals surface area (Å²) in [4.78, 5) is 10.9. The monoisotopic (exact) mass is 245 g/mol. The third-order valence-electron chi connectivity index (χ3n) is 2.54. The molecule has 1 heterocycles. The first kappa shape index (κ1) is 10.8. The summed E-state index contributed by atoms with van der Waals surface area (Å²) < 4.78 is 0.884. The zero-order valence-electron chi connectivity index (χ0n) is 7.92. The van der Waals surface area contributed by atoms with Crippen LogP contribution in [0.2, 0.25) is 0 Å². The van der Waals surface area contributed by atoms with Crippen molar-refractivity contribution in [3.63, 3.8) is 0 Å². The van der Waals surface area contributed by atoms with Crippen molar-refractivity contribution in [2.75, 3.05) is 0 Å². The molecule has 1 fully saturated rings. The average molecular weight is 245 g/mol. The third-order valence-corrected chi connectivity index (χ3v) is 4.62. The molecule has 2 atom stereocenters. The molecular formula is C8H11N3O2S2. The molecule has 15 heavy (non-hydrogen) atoms. The lowest BCUT2D eigenvalue weighted by Gasteiger charge is -2.17. The van der Waals surface area contributed by atoms with E-state index in [-0.39, 0.29) is 5.25 Å². The molecule has 2 unspecified atom stereocenters. The number of hydrogen-bond donors (Lipinski definition) is 2. The number of rotatable bonds is 3. The van der Waals surface area contributed by atoms with Crippen LogP contribution in [0.25, 0.3) is 0 Å². The van der Waals surface area contributed by atoms with Gasteiger partial charge in [0.2, 0.25) is 0 Å². The number of carboxylic acid groups (broad SMARTS) is 1. The second-order valence-electron chi connectivity index (χ2n) is 3.65. The topological polar surface area (TPSA) is 89.1 Å². The van der Waals surface area contributed by atoms with Gasteiger partial charge in [0.15, 0.2) is 4.34 Å². The Balaban J connectivity index is 1.96. The van der Waals surface area contributed by atoms with Crippen LogP contribution < -0.4 is 5.73 Å².